The number of imidazole rings is 1. The number of aromatic nitrogens is 3. The SMILES string of the molecule is C.NC(=O)Cn1c(-c2ccc(Cl)cc2)nc2cccnc21. The molecule has 5 nitrogen and oxygen atoms in total. The fourth-order valence-corrected chi connectivity index (χ4v) is 2.21. The van der Waals surface area contributed by atoms with Crippen LogP contribution in [0.4, 0.5) is 0 Å². The van der Waals surface area contributed by atoms with E-state index in [0.717, 1.165) is 11.1 Å². The summed E-state index contributed by atoms with van der Waals surface area (Å²) in [4.78, 5) is 20.1. The molecule has 1 aromatic carbocycles. The molecule has 108 valence electrons. The van der Waals surface area contributed by atoms with Gasteiger partial charge < -0.3 is 5.73 Å². The number of carbonyl (C=O) groups is 1. The Balaban J connectivity index is 0.00000161. The molecule has 0 atom stereocenters. The standard InChI is InChI=1S/C14H11ClN4O.CH4/c15-10-5-3-9(4-6-10)13-18-11-2-1-7-17-14(11)19(13)8-12(16)20;/h1-7H,8H2,(H2,16,20);1H4. The Morgan fingerprint density at radius 3 is 2.62 bits per heavy atom. The van der Waals surface area contributed by atoms with Crippen LogP contribution >= 0.6 is 11.6 Å². The fraction of sp³-hybridized carbons (Fsp3) is 0.133. The molecule has 3 rings (SSSR count). The molecule has 0 saturated heterocycles. The van der Waals surface area contributed by atoms with Crippen molar-refractivity contribution in [3.05, 3.63) is 47.6 Å². The van der Waals surface area contributed by atoms with E-state index in [1.54, 1.807) is 29.0 Å². The molecule has 0 spiro atoms. The molecule has 0 bridgehead atoms. The number of rotatable bonds is 3. The minimum Gasteiger partial charge on any atom is -0.368 e. The third-order valence-electron chi connectivity index (χ3n) is 2.92. The van der Waals surface area contributed by atoms with Crippen LogP contribution in [-0.2, 0) is 11.3 Å². The number of benzene rings is 1. The molecular weight excluding hydrogens is 288 g/mol. The van der Waals surface area contributed by atoms with Gasteiger partial charge in [-0.1, -0.05) is 19.0 Å². The number of hydrogen-bond acceptors (Lipinski definition) is 3. The summed E-state index contributed by atoms with van der Waals surface area (Å²) in [5.74, 6) is 0.208. The minimum absolute atomic E-state index is 0. The smallest absolute Gasteiger partial charge is 0.237 e. The molecular formula is C15H15ClN4O. The molecule has 21 heavy (non-hydrogen) atoms. The van der Waals surface area contributed by atoms with Crippen LogP contribution in [0.2, 0.25) is 5.02 Å². The highest BCUT2D eigenvalue weighted by molar-refractivity contribution is 6.30. The molecule has 0 unspecified atom stereocenters. The van der Waals surface area contributed by atoms with Crippen LogP contribution in [0.5, 0.6) is 0 Å². The number of hydrogen-bond donors (Lipinski definition) is 1. The second kappa shape index (κ2) is 5.93. The summed E-state index contributed by atoms with van der Waals surface area (Å²) in [6.45, 7) is 0.0332. The van der Waals surface area contributed by atoms with Gasteiger partial charge in [-0.3, -0.25) is 9.36 Å². The number of fused-ring (bicyclic) bond motifs is 1. The van der Waals surface area contributed by atoms with Crippen molar-refractivity contribution in [2.45, 2.75) is 14.0 Å². The van der Waals surface area contributed by atoms with Crippen molar-refractivity contribution >= 4 is 28.7 Å². The van der Waals surface area contributed by atoms with E-state index >= 15 is 0 Å². The Morgan fingerprint density at radius 2 is 1.95 bits per heavy atom. The molecule has 0 aliphatic carbocycles. The zero-order valence-corrected chi connectivity index (χ0v) is 11.2. The van der Waals surface area contributed by atoms with Crippen LogP contribution in [0.3, 0.4) is 0 Å². The van der Waals surface area contributed by atoms with E-state index in [0.29, 0.717) is 16.5 Å². The molecule has 2 heterocycles. The monoisotopic (exact) mass is 302 g/mol. The molecule has 2 aromatic heterocycles. The lowest BCUT2D eigenvalue weighted by Gasteiger charge is -2.06. The number of nitrogens with zero attached hydrogens (tertiary/aromatic N) is 3. The number of primary amides is 1. The summed E-state index contributed by atoms with van der Waals surface area (Å²) in [5.41, 5.74) is 7.52. The normalized spacial score (nSPS) is 10.3. The number of pyridine rings is 1. The predicted molar refractivity (Wildman–Crippen MR) is 83.9 cm³/mol. The van der Waals surface area contributed by atoms with Crippen LogP contribution in [0, 0.1) is 0 Å². The first-order valence-electron chi connectivity index (χ1n) is 6.00. The largest absolute Gasteiger partial charge is 0.368 e. The Kier molecular flexibility index (Phi) is 4.23. The van der Waals surface area contributed by atoms with E-state index < -0.39 is 5.91 Å². The Hall–Kier alpha value is -2.40. The highest BCUT2D eigenvalue weighted by atomic mass is 35.5. The Morgan fingerprint density at radius 1 is 1.24 bits per heavy atom. The van der Waals surface area contributed by atoms with Crippen molar-refractivity contribution in [1.29, 1.82) is 0 Å². The fourth-order valence-electron chi connectivity index (χ4n) is 2.08. The first-order chi connectivity index (χ1) is 9.65. The van der Waals surface area contributed by atoms with E-state index in [2.05, 4.69) is 9.97 Å². The zero-order valence-electron chi connectivity index (χ0n) is 10.5. The van der Waals surface area contributed by atoms with E-state index in [-0.39, 0.29) is 14.0 Å². The van der Waals surface area contributed by atoms with Gasteiger partial charge in [0.25, 0.3) is 0 Å². The zero-order chi connectivity index (χ0) is 14.1. The molecule has 0 saturated carbocycles. The average molecular weight is 303 g/mol. The van der Waals surface area contributed by atoms with Gasteiger partial charge in [0.1, 0.15) is 17.9 Å². The number of nitrogens with two attached hydrogens (primary N) is 1. The molecule has 0 fully saturated rings. The summed E-state index contributed by atoms with van der Waals surface area (Å²) in [5, 5.41) is 0.643. The second-order valence-electron chi connectivity index (χ2n) is 4.34. The van der Waals surface area contributed by atoms with Crippen molar-refractivity contribution < 1.29 is 4.79 Å². The van der Waals surface area contributed by atoms with E-state index in [9.17, 15) is 4.79 Å². The maximum Gasteiger partial charge on any atom is 0.237 e. The van der Waals surface area contributed by atoms with Gasteiger partial charge in [-0.15, -0.1) is 0 Å². The topological polar surface area (TPSA) is 73.8 Å². The molecule has 3 aromatic rings. The number of carbonyl (C=O) groups excluding carboxylic acids is 1. The second-order valence-corrected chi connectivity index (χ2v) is 4.78. The van der Waals surface area contributed by atoms with Crippen molar-refractivity contribution in [3.8, 4) is 11.4 Å². The van der Waals surface area contributed by atoms with Gasteiger partial charge in [0.2, 0.25) is 5.91 Å². The van der Waals surface area contributed by atoms with E-state index in [1.165, 1.54) is 0 Å². The lowest BCUT2D eigenvalue weighted by Crippen LogP contribution is -2.19. The first kappa shape index (κ1) is 15.0. The van der Waals surface area contributed by atoms with Gasteiger partial charge in [0, 0.05) is 16.8 Å². The van der Waals surface area contributed by atoms with Crippen LogP contribution in [0.15, 0.2) is 42.6 Å². The summed E-state index contributed by atoms with van der Waals surface area (Å²) >= 11 is 5.89. The average Bonchev–Trinajstić information content (AvgIpc) is 2.78. The maximum atomic E-state index is 11.3. The molecule has 0 radical (unpaired) electrons. The van der Waals surface area contributed by atoms with Crippen LogP contribution in [-0.4, -0.2) is 20.4 Å². The Labute approximate surface area is 127 Å². The summed E-state index contributed by atoms with van der Waals surface area (Å²) in [6.07, 6.45) is 1.66. The van der Waals surface area contributed by atoms with E-state index in [4.69, 9.17) is 17.3 Å². The highest BCUT2D eigenvalue weighted by Gasteiger charge is 2.14. The third kappa shape index (κ3) is 2.87. The van der Waals surface area contributed by atoms with E-state index in [1.807, 2.05) is 18.2 Å². The van der Waals surface area contributed by atoms with Crippen molar-refractivity contribution in [2.75, 3.05) is 0 Å². The number of halogens is 1. The lowest BCUT2D eigenvalue weighted by atomic mass is 10.2. The molecule has 2 N–H and O–H groups in total. The summed E-state index contributed by atoms with van der Waals surface area (Å²) in [7, 11) is 0. The molecule has 6 heteroatoms. The van der Waals surface area contributed by atoms with Gasteiger partial charge in [-0.2, -0.15) is 0 Å². The minimum atomic E-state index is -0.440. The highest BCUT2D eigenvalue weighted by Crippen LogP contribution is 2.24. The molecule has 0 aliphatic heterocycles. The van der Waals surface area contributed by atoms with Gasteiger partial charge in [0.15, 0.2) is 5.65 Å². The van der Waals surface area contributed by atoms with Crippen molar-refractivity contribution in [1.82, 2.24) is 14.5 Å². The molecule has 1 amide bonds. The Bertz CT molecular complexity index is 780. The van der Waals surface area contributed by atoms with Gasteiger partial charge in [-0.05, 0) is 36.4 Å². The van der Waals surface area contributed by atoms with Gasteiger partial charge in [-0.25, -0.2) is 9.97 Å². The quantitative estimate of drug-likeness (QED) is 0.808. The molecule has 0 aliphatic rings. The van der Waals surface area contributed by atoms with Crippen LogP contribution in [0.25, 0.3) is 22.6 Å². The lowest BCUT2D eigenvalue weighted by molar-refractivity contribution is -0.118. The van der Waals surface area contributed by atoms with Gasteiger partial charge >= 0.3 is 0 Å². The first-order valence-corrected chi connectivity index (χ1v) is 6.38. The third-order valence-corrected chi connectivity index (χ3v) is 3.17. The van der Waals surface area contributed by atoms with Crippen LogP contribution in [0.1, 0.15) is 7.43 Å². The van der Waals surface area contributed by atoms with Crippen LogP contribution < -0.4 is 5.73 Å². The summed E-state index contributed by atoms with van der Waals surface area (Å²) in [6, 6.07) is 10.9. The summed E-state index contributed by atoms with van der Waals surface area (Å²) < 4.78 is 1.71. The van der Waals surface area contributed by atoms with Crippen molar-refractivity contribution in [3.63, 3.8) is 0 Å². The number of amides is 1. The predicted octanol–water partition coefficient (Wildman–Crippen LogP) is 2.87. The van der Waals surface area contributed by atoms with Crippen molar-refractivity contribution in [2.24, 2.45) is 5.73 Å². The van der Waals surface area contributed by atoms with Gasteiger partial charge in [0.05, 0.1) is 0 Å². The maximum absolute atomic E-state index is 11.3.